The van der Waals surface area contributed by atoms with Gasteiger partial charge in [-0.2, -0.15) is 13.2 Å². The molecular weight excluding hydrogens is 573 g/mol. The average Bonchev–Trinajstić information content (AvgIpc) is 3.29. The first kappa shape index (κ1) is 27.6. The number of esters is 1. The molecule has 4 aromatic carbocycles. The normalized spacial score (nSPS) is 21.4. The van der Waals surface area contributed by atoms with Crippen molar-refractivity contribution in [1.29, 1.82) is 0 Å². The van der Waals surface area contributed by atoms with Gasteiger partial charge < -0.3 is 10.1 Å². The summed E-state index contributed by atoms with van der Waals surface area (Å²) in [7, 11) is 0. The molecule has 4 aliphatic rings. The number of anilines is 2. The van der Waals surface area contributed by atoms with Crippen LogP contribution in [0.1, 0.15) is 50.0 Å². The lowest BCUT2D eigenvalue weighted by Gasteiger charge is -2.45. The standard InChI is InChI=1S/C34H23F3N2O5/c35-34(36,37)19-8-6-9-20(16-19)38-26(40)17-44-33(43)18-7-5-10-21(15-18)39-31(41)29-27-22-11-1-2-12-23(22)28(30(29)32(39)42)25-14-4-3-13-24(25)27/h1-16,27-30H,17H2,(H,38,40)/t27?,28?,29-,30-/m0/s1. The number of ether oxygens (including phenoxy) is 1. The van der Waals surface area contributed by atoms with Gasteiger partial charge in [0.2, 0.25) is 11.8 Å². The van der Waals surface area contributed by atoms with Crippen LogP contribution in [-0.4, -0.2) is 30.3 Å². The number of nitrogens with zero attached hydrogens (tertiary/aromatic N) is 1. The number of nitrogens with one attached hydrogen (secondary N) is 1. The van der Waals surface area contributed by atoms with Crippen LogP contribution in [0.25, 0.3) is 0 Å². The Labute approximate surface area is 249 Å². The Morgan fingerprint density at radius 2 is 1.27 bits per heavy atom. The predicted molar refractivity (Wildman–Crippen MR) is 153 cm³/mol. The van der Waals surface area contributed by atoms with Crippen LogP contribution < -0.4 is 10.2 Å². The molecule has 3 amide bonds. The number of carbonyl (C=O) groups excluding carboxylic acids is 4. The molecule has 2 atom stereocenters. The van der Waals surface area contributed by atoms with Gasteiger partial charge in [-0.25, -0.2) is 9.69 Å². The molecule has 220 valence electrons. The Hall–Kier alpha value is -5.25. The number of imide groups is 1. The van der Waals surface area contributed by atoms with E-state index in [0.717, 1.165) is 45.4 Å². The molecule has 0 unspecified atom stereocenters. The first-order valence-corrected chi connectivity index (χ1v) is 13.9. The molecule has 0 spiro atoms. The summed E-state index contributed by atoms with van der Waals surface area (Å²) in [5.41, 5.74) is 3.35. The molecular formula is C34H23F3N2O5. The molecule has 1 fully saturated rings. The fourth-order valence-electron chi connectivity index (χ4n) is 6.89. The zero-order valence-corrected chi connectivity index (χ0v) is 22.9. The molecule has 3 aliphatic carbocycles. The fourth-order valence-corrected chi connectivity index (χ4v) is 6.89. The van der Waals surface area contributed by atoms with E-state index < -0.39 is 42.1 Å². The van der Waals surface area contributed by atoms with E-state index >= 15 is 0 Å². The summed E-state index contributed by atoms with van der Waals surface area (Å²) < 4.78 is 44.0. The highest BCUT2D eigenvalue weighted by molar-refractivity contribution is 6.23. The Kier molecular flexibility index (Phi) is 6.38. The zero-order valence-electron chi connectivity index (χ0n) is 22.9. The average molecular weight is 597 g/mol. The molecule has 44 heavy (non-hydrogen) atoms. The molecule has 8 rings (SSSR count). The minimum atomic E-state index is -4.58. The third kappa shape index (κ3) is 4.36. The smallest absolute Gasteiger partial charge is 0.416 e. The second kappa shape index (κ2) is 10.2. The van der Waals surface area contributed by atoms with E-state index in [9.17, 15) is 32.3 Å². The molecule has 1 heterocycles. The first-order valence-electron chi connectivity index (χ1n) is 13.9. The monoisotopic (exact) mass is 596 g/mol. The van der Waals surface area contributed by atoms with Crippen LogP contribution in [0.3, 0.4) is 0 Å². The molecule has 1 saturated heterocycles. The highest BCUT2D eigenvalue weighted by Gasteiger charge is 2.61. The Morgan fingerprint density at radius 3 is 1.82 bits per heavy atom. The van der Waals surface area contributed by atoms with Gasteiger partial charge in [0.15, 0.2) is 6.61 Å². The molecule has 10 heteroatoms. The molecule has 0 radical (unpaired) electrons. The first-order chi connectivity index (χ1) is 21.1. The number of hydrogen-bond donors (Lipinski definition) is 1. The van der Waals surface area contributed by atoms with Gasteiger partial charge in [-0.1, -0.05) is 60.7 Å². The number of alkyl halides is 3. The lowest BCUT2D eigenvalue weighted by atomic mass is 9.55. The predicted octanol–water partition coefficient (Wildman–Crippen LogP) is 5.90. The van der Waals surface area contributed by atoms with Crippen LogP contribution in [0.15, 0.2) is 97.1 Å². The quantitative estimate of drug-likeness (QED) is 0.229. The van der Waals surface area contributed by atoms with Crippen LogP contribution in [0.5, 0.6) is 0 Å². The second-order valence-electron chi connectivity index (χ2n) is 11.0. The SMILES string of the molecule is O=C(COC(=O)c1cccc(N2C(=O)[C@H]3C4c5ccccc5C(c5ccccc54)[C@@H]3C2=O)c1)Nc1cccc(C(F)(F)F)c1. The van der Waals surface area contributed by atoms with E-state index in [0.29, 0.717) is 0 Å². The van der Waals surface area contributed by atoms with Crippen molar-refractivity contribution < 1.29 is 37.1 Å². The van der Waals surface area contributed by atoms with Crippen LogP contribution in [0.4, 0.5) is 24.5 Å². The summed E-state index contributed by atoms with van der Waals surface area (Å²) in [6.07, 6.45) is -4.58. The molecule has 0 saturated carbocycles. The minimum Gasteiger partial charge on any atom is -0.452 e. The van der Waals surface area contributed by atoms with Crippen molar-refractivity contribution in [1.82, 2.24) is 0 Å². The maximum atomic E-state index is 14.0. The lowest BCUT2D eigenvalue weighted by molar-refractivity contribution is -0.137. The number of benzene rings is 4. The molecule has 4 aromatic rings. The summed E-state index contributed by atoms with van der Waals surface area (Å²) in [4.78, 5) is 54.2. The molecule has 1 N–H and O–H groups in total. The van der Waals surface area contributed by atoms with E-state index in [2.05, 4.69) is 5.32 Å². The third-order valence-corrected chi connectivity index (χ3v) is 8.60. The second-order valence-corrected chi connectivity index (χ2v) is 11.0. The van der Waals surface area contributed by atoms with Crippen LogP contribution in [0.2, 0.25) is 0 Å². The topological polar surface area (TPSA) is 92.8 Å². The highest BCUT2D eigenvalue weighted by atomic mass is 19.4. The highest BCUT2D eigenvalue weighted by Crippen LogP contribution is 2.61. The number of carbonyl (C=O) groups is 4. The number of halogens is 3. The van der Waals surface area contributed by atoms with Crippen molar-refractivity contribution >= 4 is 35.1 Å². The number of amides is 3. The van der Waals surface area contributed by atoms with Crippen LogP contribution in [-0.2, 0) is 25.3 Å². The van der Waals surface area contributed by atoms with Gasteiger partial charge in [0.1, 0.15) is 0 Å². The van der Waals surface area contributed by atoms with Crippen LogP contribution in [0, 0.1) is 11.8 Å². The maximum Gasteiger partial charge on any atom is 0.416 e. The van der Waals surface area contributed by atoms with E-state index in [1.54, 1.807) is 6.07 Å². The Morgan fingerprint density at radius 1 is 0.727 bits per heavy atom. The van der Waals surface area contributed by atoms with Crippen molar-refractivity contribution in [2.45, 2.75) is 18.0 Å². The van der Waals surface area contributed by atoms with Crippen molar-refractivity contribution in [3.63, 3.8) is 0 Å². The Bertz CT molecular complexity index is 1750. The fraction of sp³-hybridized carbons (Fsp3) is 0.176. The lowest BCUT2D eigenvalue weighted by Crippen LogP contribution is -2.41. The summed E-state index contributed by atoms with van der Waals surface area (Å²) in [5, 5.41) is 2.27. The van der Waals surface area contributed by atoms with Gasteiger partial charge in [0.25, 0.3) is 5.91 Å². The minimum absolute atomic E-state index is 0.000570. The number of hydrogen-bond acceptors (Lipinski definition) is 5. The van der Waals surface area contributed by atoms with Crippen molar-refractivity contribution in [2.24, 2.45) is 11.8 Å². The van der Waals surface area contributed by atoms with Gasteiger partial charge in [0, 0.05) is 17.5 Å². The van der Waals surface area contributed by atoms with E-state index in [1.165, 1.54) is 24.3 Å². The maximum absolute atomic E-state index is 14.0. The van der Waals surface area contributed by atoms with Crippen molar-refractivity contribution in [3.05, 3.63) is 130 Å². The van der Waals surface area contributed by atoms with Gasteiger partial charge in [-0.3, -0.25) is 14.4 Å². The molecule has 0 aromatic heterocycles. The third-order valence-electron chi connectivity index (χ3n) is 8.60. The van der Waals surface area contributed by atoms with E-state index in [-0.39, 0.29) is 40.6 Å². The summed E-state index contributed by atoms with van der Waals surface area (Å²) in [6.45, 7) is -0.759. The van der Waals surface area contributed by atoms with Gasteiger partial charge in [-0.05, 0) is 58.7 Å². The van der Waals surface area contributed by atoms with Crippen molar-refractivity contribution in [3.8, 4) is 0 Å². The summed E-state index contributed by atoms with van der Waals surface area (Å²) >= 11 is 0. The zero-order chi connectivity index (χ0) is 30.7. The van der Waals surface area contributed by atoms with Crippen LogP contribution >= 0.6 is 0 Å². The molecule has 1 aliphatic heterocycles. The van der Waals surface area contributed by atoms with Gasteiger partial charge in [-0.15, -0.1) is 0 Å². The Balaban J connectivity index is 1.10. The van der Waals surface area contributed by atoms with Crippen molar-refractivity contribution in [2.75, 3.05) is 16.8 Å². The van der Waals surface area contributed by atoms with E-state index in [1.807, 2.05) is 48.5 Å². The molecule has 2 bridgehead atoms. The van der Waals surface area contributed by atoms with Gasteiger partial charge >= 0.3 is 12.1 Å². The summed E-state index contributed by atoms with van der Waals surface area (Å²) in [6, 6.07) is 25.7. The number of rotatable bonds is 5. The largest absolute Gasteiger partial charge is 0.452 e. The molecule has 7 nitrogen and oxygen atoms in total. The van der Waals surface area contributed by atoms with Gasteiger partial charge in [0.05, 0.1) is 28.7 Å². The summed E-state index contributed by atoms with van der Waals surface area (Å²) in [5.74, 6) is -4.15. The van der Waals surface area contributed by atoms with E-state index in [4.69, 9.17) is 4.74 Å².